The molecule has 7 nitrogen and oxygen atoms in total. The molecule has 1 aliphatic heterocycles. The van der Waals surface area contributed by atoms with Crippen LogP contribution in [0.15, 0.2) is 78.9 Å². The average Bonchev–Trinajstić information content (AvgIpc) is 2.98. The molecule has 208 valence electrons. The number of amides is 2. The highest BCUT2D eigenvalue weighted by atomic mass is 35.5. The van der Waals surface area contributed by atoms with Crippen LogP contribution in [0, 0.1) is 5.92 Å². The molecule has 0 bridgehead atoms. The van der Waals surface area contributed by atoms with E-state index in [-0.39, 0.29) is 31.0 Å². The molecule has 4 atom stereocenters. The van der Waals surface area contributed by atoms with Crippen molar-refractivity contribution in [3.8, 4) is 0 Å². The van der Waals surface area contributed by atoms with Gasteiger partial charge in [0.25, 0.3) is 11.8 Å². The van der Waals surface area contributed by atoms with E-state index in [1.807, 2.05) is 54.6 Å². The van der Waals surface area contributed by atoms with E-state index < -0.39 is 23.9 Å². The van der Waals surface area contributed by atoms with E-state index in [4.69, 9.17) is 21.2 Å². The molecule has 0 aromatic heterocycles. The molecule has 1 N–H and O–H groups in total. The lowest BCUT2D eigenvalue weighted by Gasteiger charge is -2.48. The molecule has 1 aliphatic carbocycles. The summed E-state index contributed by atoms with van der Waals surface area (Å²) in [7, 11) is 0. The number of halogens is 1. The largest absolute Gasteiger partial charge is 0.466 e. The van der Waals surface area contributed by atoms with Gasteiger partial charge in [-0.25, -0.2) is 5.48 Å². The van der Waals surface area contributed by atoms with E-state index >= 15 is 0 Å². The first kappa shape index (κ1) is 27.9. The van der Waals surface area contributed by atoms with E-state index in [2.05, 4.69) is 5.48 Å². The van der Waals surface area contributed by atoms with Crippen molar-refractivity contribution in [3.63, 3.8) is 0 Å². The van der Waals surface area contributed by atoms with E-state index in [0.717, 1.165) is 24.0 Å². The first-order chi connectivity index (χ1) is 19.5. The highest BCUT2D eigenvalue weighted by molar-refractivity contribution is 6.30. The Hall–Kier alpha value is -3.68. The Morgan fingerprint density at radius 3 is 2.40 bits per heavy atom. The van der Waals surface area contributed by atoms with Gasteiger partial charge in [0.2, 0.25) is 0 Å². The molecule has 0 radical (unpaired) electrons. The summed E-state index contributed by atoms with van der Waals surface area (Å²) in [6, 6.07) is 22.8. The number of benzene rings is 3. The minimum Gasteiger partial charge on any atom is -0.466 e. The third kappa shape index (κ3) is 5.76. The Morgan fingerprint density at radius 1 is 0.950 bits per heavy atom. The summed E-state index contributed by atoms with van der Waals surface area (Å²) in [5.74, 6) is -2.14. The maximum absolute atomic E-state index is 14.2. The standard InChI is InChI=1S/C32H33ClN2O5/c1-2-39-32(38)26-14-8-9-15-27(26)35-29(22-16-18-23(33)19-17-22)28(24-12-6-7-13-25(24)31(35)37)30(36)34-40-20-21-10-4-3-5-11-21/h3-7,10-13,16-19,26-29H,2,8-9,14-15,20H2,1H3,(H,34,36). The number of esters is 1. The van der Waals surface area contributed by atoms with Gasteiger partial charge in [0.05, 0.1) is 31.1 Å². The number of hydrogen-bond acceptors (Lipinski definition) is 5. The van der Waals surface area contributed by atoms with E-state index in [1.54, 1.807) is 36.1 Å². The topological polar surface area (TPSA) is 84.9 Å². The molecule has 2 aliphatic rings. The molecule has 0 saturated heterocycles. The Labute approximate surface area is 239 Å². The van der Waals surface area contributed by atoms with Gasteiger partial charge < -0.3 is 9.64 Å². The van der Waals surface area contributed by atoms with Crippen LogP contribution >= 0.6 is 11.6 Å². The van der Waals surface area contributed by atoms with Crippen molar-refractivity contribution >= 4 is 29.4 Å². The van der Waals surface area contributed by atoms with Crippen LogP contribution in [0.1, 0.15) is 71.6 Å². The van der Waals surface area contributed by atoms with Crippen LogP contribution in [-0.2, 0) is 25.8 Å². The second-order valence-electron chi connectivity index (χ2n) is 10.2. The van der Waals surface area contributed by atoms with Gasteiger partial charge in [-0.3, -0.25) is 19.2 Å². The lowest BCUT2D eigenvalue weighted by Crippen LogP contribution is -2.55. The SMILES string of the molecule is CCOC(=O)C1CCCCC1N1C(=O)c2ccccc2C(C(=O)NOCc2ccccc2)C1c1ccc(Cl)cc1. The fourth-order valence-electron chi connectivity index (χ4n) is 6.01. The smallest absolute Gasteiger partial charge is 0.311 e. The third-order valence-corrected chi connectivity index (χ3v) is 8.05. The van der Waals surface area contributed by atoms with Crippen molar-refractivity contribution in [1.82, 2.24) is 10.4 Å². The van der Waals surface area contributed by atoms with Crippen LogP contribution in [0.5, 0.6) is 0 Å². The average molecular weight is 561 g/mol. The summed E-state index contributed by atoms with van der Waals surface area (Å²) >= 11 is 6.23. The van der Waals surface area contributed by atoms with Crippen molar-refractivity contribution in [2.45, 2.75) is 57.2 Å². The fraction of sp³-hybridized carbons (Fsp3) is 0.344. The predicted molar refractivity (Wildman–Crippen MR) is 151 cm³/mol. The highest BCUT2D eigenvalue weighted by Gasteiger charge is 2.50. The van der Waals surface area contributed by atoms with Crippen LogP contribution in [0.25, 0.3) is 0 Å². The van der Waals surface area contributed by atoms with Crippen LogP contribution in [0.2, 0.25) is 5.02 Å². The number of hydroxylamine groups is 1. The Balaban J connectivity index is 1.56. The fourth-order valence-corrected chi connectivity index (χ4v) is 6.14. The molecule has 1 heterocycles. The minimum absolute atomic E-state index is 0.197. The summed E-state index contributed by atoms with van der Waals surface area (Å²) in [4.78, 5) is 48.7. The maximum Gasteiger partial charge on any atom is 0.311 e. The molecule has 40 heavy (non-hydrogen) atoms. The number of rotatable bonds is 8. The first-order valence-electron chi connectivity index (χ1n) is 13.8. The molecule has 8 heteroatoms. The zero-order valence-electron chi connectivity index (χ0n) is 22.4. The second-order valence-corrected chi connectivity index (χ2v) is 10.7. The van der Waals surface area contributed by atoms with Gasteiger partial charge in [-0.15, -0.1) is 0 Å². The monoisotopic (exact) mass is 560 g/mol. The van der Waals surface area contributed by atoms with Crippen LogP contribution in [0.3, 0.4) is 0 Å². The summed E-state index contributed by atoms with van der Waals surface area (Å²) in [6.45, 7) is 2.25. The van der Waals surface area contributed by atoms with Crippen molar-refractivity contribution < 1.29 is 24.0 Å². The summed E-state index contributed by atoms with van der Waals surface area (Å²) in [5.41, 5.74) is 5.39. The number of hydrogen-bond donors (Lipinski definition) is 1. The van der Waals surface area contributed by atoms with Gasteiger partial charge in [0, 0.05) is 16.6 Å². The van der Waals surface area contributed by atoms with Gasteiger partial charge in [-0.05, 0) is 54.7 Å². The molecular formula is C32H33ClN2O5. The van der Waals surface area contributed by atoms with E-state index in [9.17, 15) is 14.4 Å². The Morgan fingerprint density at radius 2 is 1.65 bits per heavy atom. The van der Waals surface area contributed by atoms with Crippen molar-refractivity contribution in [2.75, 3.05) is 6.61 Å². The Kier molecular flexibility index (Phi) is 8.82. The van der Waals surface area contributed by atoms with Crippen LogP contribution in [-0.4, -0.2) is 35.3 Å². The molecule has 5 rings (SSSR count). The summed E-state index contributed by atoms with van der Waals surface area (Å²) in [6.07, 6.45) is 3.01. The molecule has 1 saturated carbocycles. The number of carbonyl (C=O) groups excluding carboxylic acids is 3. The lowest BCUT2D eigenvalue weighted by atomic mass is 9.75. The van der Waals surface area contributed by atoms with Crippen molar-refractivity contribution in [2.24, 2.45) is 5.92 Å². The van der Waals surface area contributed by atoms with Gasteiger partial charge in [0.15, 0.2) is 0 Å². The molecule has 4 unspecified atom stereocenters. The molecule has 2 amide bonds. The van der Waals surface area contributed by atoms with E-state index in [0.29, 0.717) is 29.0 Å². The summed E-state index contributed by atoms with van der Waals surface area (Å²) in [5, 5.41) is 0.548. The number of nitrogens with one attached hydrogen (secondary N) is 1. The quantitative estimate of drug-likeness (QED) is 0.270. The molecule has 3 aromatic carbocycles. The van der Waals surface area contributed by atoms with Crippen LogP contribution < -0.4 is 5.48 Å². The number of nitrogens with zero attached hydrogens (tertiary/aromatic N) is 1. The molecule has 3 aromatic rings. The first-order valence-corrected chi connectivity index (χ1v) is 14.2. The lowest BCUT2D eigenvalue weighted by molar-refractivity contribution is -0.152. The maximum atomic E-state index is 14.2. The third-order valence-electron chi connectivity index (χ3n) is 7.80. The zero-order valence-corrected chi connectivity index (χ0v) is 23.2. The predicted octanol–water partition coefficient (Wildman–Crippen LogP) is 5.99. The normalized spacial score (nSPS) is 22.4. The molecular weight excluding hydrogens is 528 g/mol. The highest BCUT2D eigenvalue weighted by Crippen LogP contribution is 2.47. The minimum atomic E-state index is -0.782. The number of carbonyl (C=O) groups is 3. The Bertz CT molecular complexity index is 1350. The van der Waals surface area contributed by atoms with E-state index in [1.165, 1.54) is 0 Å². The number of ether oxygens (including phenoxy) is 1. The zero-order chi connectivity index (χ0) is 28.1. The second kappa shape index (κ2) is 12.7. The van der Waals surface area contributed by atoms with Gasteiger partial charge in [-0.2, -0.15) is 0 Å². The number of fused-ring (bicyclic) bond motifs is 1. The summed E-state index contributed by atoms with van der Waals surface area (Å²) < 4.78 is 5.44. The van der Waals surface area contributed by atoms with Gasteiger partial charge in [-0.1, -0.05) is 85.1 Å². The van der Waals surface area contributed by atoms with Crippen LogP contribution in [0.4, 0.5) is 0 Å². The van der Waals surface area contributed by atoms with Crippen molar-refractivity contribution in [1.29, 1.82) is 0 Å². The van der Waals surface area contributed by atoms with Gasteiger partial charge in [0.1, 0.15) is 0 Å². The molecule has 0 spiro atoms. The molecule has 1 fully saturated rings. The van der Waals surface area contributed by atoms with Crippen molar-refractivity contribution in [3.05, 3.63) is 106 Å². The van der Waals surface area contributed by atoms with Gasteiger partial charge >= 0.3 is 5.97 Å².